The van der Waals surface area contributed by atoms with Gasteiger partial charge in [-0.05, 0) is 12.3 Å². The average molecular weight is 195 g/mol. The fourth-order valence-corrected chi connectivity index (χ4v) is 1.41. The predicted molar refractivity (Wildman–Crippen MR) is 50.5 cm³/mol. The number of carbonyl (C=O) groups excluding carboxylic acids is 2. The van der Waals surface area contributed by atoms with Gasteiger partial charge in [0, 0.05) is 18.9 Å². The molecule has 0 bridgehead atoms. The highest BCUT2D eigenvalue weighted by Crippen LogP contribution is 2.28. The Morgan fingerprint density at radius 2 is 2.29 bits per heavy atom. The molecule has 0 aromatic carbocycles. The van der Waals surface area contributed by atoms with Crippen LogP contribution < -0.4 is 10.7 Å². The highest BCUT2D eigenvalue weighted by molar-refractivity contribution is 6.39. The SMILES string of the molecule is CC1CC1NC(=O)C1=NNC(=O)CC1. The Bertz CT molecular complexity index is 311. The average Bonchev–Trinajstić information content (AvgIpc) is 2.82. The second-order valence-corrected chi connectivity index (χ2v) is 3.89. The summed E-state index contributed by atoms with van der Waals surface area (Å²) in [5.74, 6) is 0.318. The minimum Gasteiger partial charge on any atom is -0.348 e. The van der Waals surface area contributed by atoms with E-state index in [1.807, 2.05) is 0 Å². The Labute approximate surface area is 81.9 Å². The van der Waals surface area contributed by atoms with Crippen molar-refractivity contribution in [3.63, 3.8) is 0 Å². The molecule has 2 atom stereocenters. The van der Waals surface area contributed by atoms with Gasteiger partial charge in [-0.15, -0.1) is 0 Å². The molecule has 2 amide bonds. The Kier molecular flexibility index (Phi) is 2.23. The summed E-state index contributed by atoms with van der Waals surface area (Å²) >= 11 is 0. The van der Waals surface area contributed by atoms with Crippen molar-refractivity contribution in [2.45, 2.75) is 32.2 Å². The van der Waals surface area contributed by atoms with Gasteiger partial charge in [-0.25, -0.2) is 5.43 Å². The van der Waals surface area contributed by atoms with E-state index >= 15 is 0 Å². The molecule has 0 spiro atoms. The molecule has 0 radical (unpaired) electrons. The van der Waals surface area contributed by atoms with Gasteiger partial charge < -0.3 is 5.32 Å². The normalized spacial score (nSPS) is 30.4. The van der Waals surface area contributed by atoms with E-state index in [1.165, 1.54) is 0 Å². The number of hydrazone groups is 1. The molecule has 5 heteroatoms. The van der Waals surface area contributed by atoms with Crippen molar-refractivity contribution in [3.8, 4) is 0 Å². The predicted octanol–water partition coefficient (Wildman–Crippen LogP) is -0.223. The summed E-state index contributed by atoms with van der Waals surface area (Å²) in [4.78, 5) is 22.3. The molecule has 0 aromatic rings. The topological polar surface area (TPSA) is 70.6 Å². The zero-order valence-corrected chi connectivity index (χ0v) is 8.04. The van der Waals surface area contributed by atoms with Gasteiger partial charge in [-0.1, -0.05) is 6.92 Å². The van der Waals surface area contributed by atoms with Gasteiger partial charge in [-0.2, -0.15) is 5.10 Å². The summed E-state index contributed by atoms with van der Waals surface area (Å²) in [6.45, 7) is 2.09. The molecule has 5 nitrogen and oxygen atoms in total. The maximum absolute atomic E-state index is 11.5. The third-order valence-electron chi connectivity index (χ3n) is 2.59. The Morgan fingerprint density at radius 3 is 2.79 bits per heavy atom. The number of nitrogens with zero attached hydrogens (tertiary/aromatic N) is 1. The summed E-state index contributed by atoms with van der Waals surface area (Å²) in [6, 6.07) is 0.308. The maximum atomic E-state index is 11.5. The first-order valence-electron chi connectivity index (χ1n) is 4.83. The van der Waals surface area contributed by atoms with Crippen molar-refractivity contribution < 1.29 is 9.59 Å². The van der Waals surface area contributed by atoms with Crippen LogP contribution >= 0.6 is 0 Å². The Morgan fingerprint density at radius 1 is 1.57 bits per heavy atom. The molecule has 14 heavy (non-hydrogen) atoms. The van der Waals surface area contributed by atoms with Crippen LogP contribution in [0.25, 0.3) is 0 Å². The number of hydrogen-bond acceptors (Lipinski definition) is 3. The van der Waals surface area contributed by atoms with E-state index in [2.05, 4.69) is 22.8 Å². The summed E-state index contributed by atoms with van der Waals surface area (Å²) in [5, 5.41) is 6.59. The molecule has 1 aliphatic heterocycles. The first-order chi connectivity index (χ1) is 6.66. The quantitative estimate of drug-likeness (QED) is 0.639. The van der Waals surface area contributed by atoms with Crippen molar-refractivity contribution >= 4 is 17.5 Å². The standard InChI is InChI=1S/C9H13N3O2/c1-5-4-7(5)10-9(14)6-2-3-8(13)12-11-6/h5,7H,2-4H2,1H3,(H,10,14)(H,12,13). The van der Waals surface area contributed by atoms with Crippen molar-refractivity contribution in [2.24, 2.45) is 11.0 Å². The number of hydrogen-bond donors (Lipinski definition) is 2. The lowest BCUT2D eigenvalue weighted by Gasteiger charge is -2.11. The van der Waals surface area contributed by atoms with Crippen LogP contribution in [0.1, 0.15) is 26.2 Å². The molecule has 1 fully saturated rings. The second kappa shape index (κ2) is 3.40. The lowest BCUT2D eigenvalue weighted by atomic mass is 10.1. The van der Waals surface area contributed by atoms with Crippen molar-refractivity contribution in [2.75, 3.05) is 0 Å². The summed E-state index contributed by atoms with van der Waals surface area (Å²) in [7, 11) is 0. The molecule has 2 rings (SSSR count). The van der Waals surface area contributed by atoms with Crippen LogP contribution in [0.4, 0.5) is 0 Å². The molecule has 2 aliphatic rings. The third kappa shape index (κ3) is 1.92. The monoisotopic (exact) mass is 195 g/mol. The van der Waals surface area contributed by atoms with Crippen LogP contribution in [0.2, 0.25) is 0 Å². The molecule has 1 heterocycles. The fraction of sp³-hybridized carbons (Fsp3) is 0.667. The number of amides is 2. The highest BCUT2D eigenvalue weighted by Gasteiger charge is 2.35. The number of nitrogens with one attached hydrogen (secondary N) is 2. The molecule has 1 aliphatic carbocycles. The van der Waals surface area contributed by atoms with E-state index in [0.29, 0.717) is 30.5 Å². The van der Waals surface area contributed by atoms with Gasteiger partial charge in [0.25, 0.3) is 5.91 Å². The molecular weight excluding hydrogens is 182 g/mol. The van der Waals surface area contributed by atoms with Crippen LogP contribution in [-0.2, 0) is 9.59 Å². The largest absolute Gasteiger partial charge is 0.348 e. The van der Waals surface area contributed by atoms with Crippen molar-refractivity contribution in [1.82, 2.24) is 10.7 Å². The van der Waals surface area contributed by atoms with Crippen LogP contribution in [0, 0.1) is 5.92 Å². The van der Waals surface area contributed by atoms with Gasteiger partial charge in [-0.3, -0.25) is 9.59 Å². The van der Waals surface area contributed by atoms with Gasteiger partial charge >= 0.3 is 0 Å². The van der Waals surface area contributed by atoms with Gasteiger partial charge in [0.15, 0.2) is 0 Å². The van der Waals surface area contributed by atoms with Crippen LogP contribution in [0.5, 0.6) is 0 Å². The minimum absolute atomic E-state index is 0.124. The number of rotatable bonds is 2. The molecular formula is C9H13N3O2. The Balaban J connectivity index is 1.88. The fourth-order valence-electron chi connectivity index (χ4n) is 1.41. The molecule has 2 unspecified atom stereocenters. The van der Waals surface area contributed by atoms with Crippen molar-refractivity contribution in [1.29, 1.82) is 0 Å². The zero-order chi connectivity index (χ0) is 10.1. The molecule has 1 saturated carbocycles. The van der Waals surface area contributed by atoms with E-state index in [4.69, 9.17) is 0 Å². The first-order valence-corrected chi connectivity index (χ1v) is 4.83. The van der Waals surface area contributed by atoms with E-state index in [1.54, 1.807) is 0 Å². The van der Waals surface area contributed by atoms with Crippen LogP contribution in [-0.4, -0.2) is 23.6 Å². The summed E-state index contributed by atoms with van der Waals surface area (Å²) in [6.07, 6.45) is 1.84. The van der Waals surface area contributed by atoms with Crippen molar-refractivity contribution in [3.05, 3.63) is 0 Å². The summed E-state index contributed by atoms with van der Waals surface area (Å²) < 4.78 is 0. The second-order valence-electron chi connectivity index (χ2n) is 3.89. The highest BCUT2D eigenvalue weighted by atomic mass is 16.2. The Hall–Kier alpha value is -1.39. The molecule has 76 valence electrons. The molecule has 2 N–H and O–H groups in total. The zero-order valence-electron chi connectivity index (χ0n) is 8.04. The number of carbonyl (C=O) groups is 2. The minimum atomic E-state index is -0.139. The van der Waals surface area contributed by atoms with Crippen LogP contribution in [0.15, 0.2) is 5.10 Å². The lowest BCUT2D eigenvalue weighted by molar-refractivity contribution is -0.121. The van der Waals surface area contributed by atoms with E-state index < -0.39 is 0 Å². The molecule has 0 aromatic heterocycles. The maximum Gasteiger partial charge on any atom is 0.267 e. The molecule has 0 saturated heterocycles. The van der Waals surface area contributed by atoms with Gasteiger partial charge in [0.05, 0.1) is 0 Å². The lowest BCUT2D eigenvalue weighted by Crippen LogP contribution is -2.38. The van der Waals surface area contributed by atoms with E-state index in [0.717, 1.165) is 6.42 Å². The summed E-state index contributed by atoms with van der Waals surface area (Å²) in [5.41, 5.74) is 2.74. The van der Waals surface area contributed by atoms with E-state index in [-0.39, 0.29) is 11.8 Å². The van der Waals surface area contributed by atoms with Crippen LogP contribution in [0.3, 0.4) is 0 Å². The van der Waals surface area contributed by atoms with E-state index in [9.17, 15) is 9.59 Å². The third-order valence-corrected chi connectivity index (χ3v) is 2.59. The smallest absolute Gasteiger partial charge is 0.267 e. The van der Waals surface area contributed by atoms with Gasteiger partial charge in [0.1, 0.15) is 5.71 Å². The first kappa shape index (κ1) is 9.18. The van der Waals surface area contributed by atoms with Gasteiger partial charge in [0.2, 0.25) is 5.91 Å².